The average molecular weight is 443 g/mol. The van der Waals surface area contributed by atoms with Crippen LogP contribution in [0, 0.1) is 17.0 Å². The molecule has 2 heterocycles. The smallest absolute Gasteiger partial charge is 0.265 e. The molecule has 0 atom stereocenters. The van der Waals surface area contributed by atoms with Crippen LogP contribution in [0.25, 0.3) is 0 Å². The van der Waals surface area contributed by atoms with E-state index < -0.39 is 16.5 Å². The number of aromatic nitrogens is 3. The Morgan fingerprint density at radius 3 is 2.75 bits per heavy atom. The van der Waals surface area contributed by atoms with Gasteiger partial charge in [0.05, 0.1) is 23.4 Å². The summed E-state index contributed by atoms with van der Waals surface area (Å²) in [5, 5.41) is 19.1. The predicted octanol–water partition coefficient (Wildman–Crippen LogP) is 3.07. The third-order valence-corrected chi connectivity index (χ3v) is 4.21. The third-order valence-electron chi connectivity index (χ3n) is 3.68. The molecule has 0 radical (unpaired) electrons. The molecular formula is C18H15BrN6O3. The molecule has 0 saturated heterocycles. The second kappa shape index (κ2) is 8.53. The van der Waals surface area contributed by atoms with E-state index in [0.29, 0.717) is 5.69 Å². The number of pyridine rings is 1. The maximum absolute atomic E-state index is 12.3. The summed E-state index contributed by atoms with van der Waals surface area (Å²) in [6, 6.07) is 12.8. The van der Waals surface area contributed by atoms with Crippen LogP contribution in [-0.4, -0.2) is 31.8 Å². The highest BCUT2D eigenvalue weighted by molar-refractivity contribution is 9.10. The van der Waals surface area contributed by atoms with Crippen molar-refractivity contribution in [2.75, 3.05) is 0 Å². The first-order chi connectivity index (χ1) is 13.4. The number of halogens is 1. The van der Waals surface area contributed by atoms with E-state index in [4.69, 9.17) is 0 Å². The molecule has 0 aliphatic carbocycles. The van der Waals surface area contributed by atoms with E-state index in [1.54, 1.807) is 12.1 Å². The van der Waals surface area contributed by atoms with Crippen molar-refractivity contribution in [3.63, 3.8) is 0 Å². The minimum absolute atomic E-state index is 0.290. The maximum Gasteiger partial charge on any atom is 0.320 e. The lowest BCUT2D eigenvalue weighted by atomic mass is 10.2. The van der Waals surface area contributed by atoms with E-state index in [1.807, 2.05) is 37.3 Å². The number of nitrogens with one attached hydrogen (secondary N) is 1. The molecule has 0 bridgehead atoms. The molecule has 1 N–H and O–H groups in total. The van der Waals surface area contributed by atoms with Gasteiger partial charge in [-0.2, -0.15) is 10.2 Å². The predicted molar refractivity (Wildman–Crippen MR) is 106 cm³/mol. The highest BCUT2D eigenvalue weighted by atomic mass is 79.9. The zero-order valence-corrected chi connectivity index (χ0v) is 16.3. The molecule has 0 unspecified atom stereocenters. The van der Waals surface area contributed by atoms with Crippen LogP contribution < -0.4 is 5.43 Å². The molecule has 0 spiro atoms. The van der Waals surface area contributed by atoms with Crippen LogP contribution in [0.1, 0.15) is 27.4 Å². The minimum atomic E-state index is -0.773. The Morgan fingerprint density at radius 1 is 1.32 bits per heavy atom. The van der Waals surface area contributed by atoms with Crippen LogP contribution in [0.4, 0.5) is 5.69 Å². The molecule has 10 heteroatoms. The number of carbonyl (C=O) groups is 1. The first-order valence-electron chi connectivity index (χ1n) is 8.16. The lowest BCUT2D eigenvalue weighted by Crippen LogP contribution is -2.20. The molecule has 2 aromatic heterocycles. The van der Waals surface area contributed by atoms with Gasteiger partial charge in [-0.25, -0.2) is 5.43 Å². The van der Waals surface area contributed by atoms with Crippen molar-refractivity contribution in [1.29, 1.82) is 0 Å². The molecule has 0 aliphatic rings. The van der Waals surface area contributed by atoms with Gasteiger partial charge in [-0.1, -0.05) is 34.1 Å². The van der Waals surface area contributed by atoms with Crippen LogP contribution in [0.5, 0.6) is 0 Å². The molecule has 1 aromatic carbocycles. The largest absolute Gasteiger partial charge is 0.320 e. The van der Waals surface area contributed by atoms with E-state index >= 15 is 0 Å². The number of benzene rings is 1. The Bertz CT molecular complexity index is 1050. The summed E-state index contributed by atoms with van der Waals surface area (Å²) >= 11 is 3.35. The van der Waals surface area contributed by atoms with Crippen LogP contribution >= 0.6 is 15.9 Å². The van der Waals surface area contributed by atoms with Gasteiger partial charge < -0.3 is 0 Å². The molecule has 9 nitrogen and oxygen atoms in total. The second-order valence-electron chi connectivity index (χ2n) is 5.85. The Kier molecular flexibility index (Phi) is 5.90. The van der Waals surface area contributed by atoms with Gasteiger partial charge in [0.25, 0.3) is 5.91 Å². The number of nitrogens with zero attached hydrogens (tertiary/aromatic N) is 5. The number of aryl methyl sites for hydroxylation is 1. The number of hydrogen-bond donors (Lipinski definition) is 1. The molecule has 28 heavy (non-hydrogen) atoms. The maximum atomic E-state index is 12.3. The van der Waals surface area contributed by atoms with E-state index in [0.717, 1.165) is 15.7 Å². The number of amides is 1. The molecule has 0 saturated carbocycles. The van der Waals surface area contributed by atoms with Crippen LogP contribution in [0.15, 0.2) is 58.2 Å². The lowest BCUT2D eigenvalue weighted by Gasteiger charge is -2.01. The Labute approximate surface area is 168 Å². The van der Waals surface area contributed by atoms with Crippen molar-refractivity contribution in [3.05, 3.63) is 85.9 Å². The van der Waals surface area contributed by atoms with Crippen LogP contribution in [0.3, 0.4) is 0 Å². The van der Waals surface area contributed by atoms with E-state index in [1.165, 1.54) is 17.1 Å². The zero-order chi connectivity index (χ0) is 20.1. The summed E-state index contributed by atoms with van der Waals surface area (Å²) in [4.78, 5) is 27.2. The highest BCUT2D eigenvalue weighted by Crippen LogP contribution is 2.18. The van der Waals surface area contributed by atoms with Crippen LogP contribution in [0.2, 0.25) is 0 Å². The molecule has 1 amide bonds. The van der Waals surface area contributed by atoms with Gasteiger partial charge in [-0.15, -0.1) is 0 Å². The third kappa shape index (κ3) is 4.86. The van der Waals surface area contributed by atoms with Gasteiger partial charge in [0.15, 0.2) is 0 Å². The van der Waals surface area contributed by atoms with E-state index in [2.05, 4.69) is 36.5 Å². The Balaban J connectivity index is 1.76. The highest BCUT2D eigenvalue weighted by Gasteiger charge is 2.25. The normalized spacial score (nSPS) is 10.9. The lowest BCUT2D eigenvalue weighted by molar-refractivity contribution is -0.385. The molecule has 3 aromatic rings. The first kappa shape index (κ1) is 19.4. The monoisotopic (exact) mass is 442 g/mol. The SMILES string of the molecule is Cc1cccc(/C=N\NC(=O)c2nn(Cc3ccc(Br)cc3)cc2[N+](=O)[O-])n1. The Hall–Kier alpha value is -3.40. The molecule has 3 rings (SSSR count). The van der Waals surface area contributed by atoms with Crippen molar-refractivity contribution in [3.8, 4) is 0 Å². The number of carbonyl (C=O) groups excluding carboxylic acids is 1. The molecule has 142 valence electrons. The molecule has 0 aliphatic heterocycles. The molecule has 0 fully saturated rings. The van der Waals surface area contributed by atoms with Gasteiger partial charge in [0, 0.05) is 10.2 Å². The van der Waals surface area contributed by atoms with Crippen molar-refractivity contribution < 1.29 is 9.72 Å². The zero-order valence-electron chi connectivity index (χ0n) is 14.7. The van der Waals surface area contributed by atoms with E-state index in [9.17, 15) is 14.9 Å². The fourth-order valence-electron chi connectivity index (χ4n) is 2.41. The number of rotatable bonds is 6. The number of hydrogen-bond acceptors (Lipinski definition) is 6. The summed E-state index contributed by atoms with van der Waals surface area (Å²) in [5.74, 6) is -0.773. The average Bonchev–Trinajstić information content (AvgIpc) is 3.08. The van der Waals surface area contributed by atoms with Gasteiger partial charge in [-0.05, 0) is 36.8 Å². The van der Waals surface area contributed by atoms with Crippen molar-refractivity contribution >= 4 is 33.7 Å². The summed E-state index contributed by atoms with van der Waals surface area (Å²) in [7, 11) is 0. The summed E-state index contributed by atoms with van der Waals surface area (Å²) in [5.41, 5.74) is 3.79. The minimum Gasteiger partial charge on any atom is -0.265 e. The fraction of sp³-hybridized carbons (Fsp3) is 0.111. The number of nitro groups is 1. The van der Waals surface area contributed by atoms with Crippen molar-refractivity contribution in [1.82, 2.24) is 20.2 Å². The van der Waals surface area contributed by atoms with E-state index in [-0.39, 0.29) is 12.2 Å². The van der Waals surface area contributed by atoms with Gasteiger partial charge in [-0.3, -0.25) is 24.6 Å². The second-order valence-corrected chi connectivity index (χ2v) is 6.76. The quantitative estimate of drug-likeness (QED) is 0.357. The first-order valence-corrected chi connectivity index (χ1v) is 8.95. The fourth-order valence-corrected chi connectivity index (χ4v) is 2.67. The molecular weight excluding hydrogens is 428 g/mol. The number of hydrazone groups is 1. The topological polar surface area (TPSA) is 115 Å². The summed E-state index contributed by atoms with van der Waals surface area (Å²) < 4.78 is 2.27. The summed E-state index contributed by atoms with van der Waals surface area (Å²) in [6.07, 6.45) is 2.58. The van der Waals surface area contributed by atoms with Crippen LogP contribution in [-0.2, 0) is 6.54 Å². The Morgan fingerprint density at radius 2 is 2.07 bits per heavy atom. The van der Waals surface area contributed by atoms with Gasteiger partial charge >= 0.3 is 5.69 Å². The standard InChI is InChI=1S/C18H15BrN6O3/c1-12-3-2-4-15(21-12)9-20-22-18(26)17-16(25(27)28)11-24(23-17)10-13-5-7-14(19)8-6-13/h2-9,11H,10H2,1H3,(H,22,26)/b20-9-. The van der Waals surface area contributed by atoms with Crippen molar-refractivity contribution in [2.45, 2.75) is 13.5 Å². The summed E-state index contributed by atoms with van der Waals surface area (Å²) in [6.45, 7) is 2.12. The van der Waals surface area contributed by atoms with Gasteiger partial charge in [0.2, 0.25) is 5.69 Å². The van der Waals surface area contributed by atoms with Gasteiger partial charge in [0.1, 0.15) is 6.20 Å². The van der Waals surface area contributed by atoms with Crippen molar-refractivity contribution in [2.24, 2.45) is 5.10 Å².